The minimum absolute atomic E-state index is 0.253. The number of nitrogens with one attached hydrogen (secondary N) is 1. The molecule has 0 saturated heterocycles. The summed E-state index contributed by atoms with van der Waals surface area (Å²) in [5, 5.41) is 3.72. The summed E-state index contributed by atoms with van der Waals surface area (Å²) in [5.41, 5.74) is 1.49. The van der Waals surface area contributed by atoms with Gasteiger partial charge in [0.25, 0.3) is 0 Å². The van der Waals surface area contributed by atoms with Gasteiger partial charge in [0, 0.05) is 12.0 Å². The van der Waals surface area contributed by atoms with Crippen LogP contribution in [-0.4, -0.2) is 22.2 Å². The summed E-state index contributed by atoms with van der Waals surface area (Å²) in [7, 11) is 1.55. The van der Waals surface area contributed by atoms with Crippen molar-refractivity contribution < 1.29 is 18.4 Å². The van der Waals surface area contributed by atoms with Crippen LogP contribution in [0.15, 0.2) is 31.9 Å². The number of benzene rings is 1. The zero-order valence-corrected chi connectivity index (χ0v) is 17.6. The van der Waals surface area contributed by atoms with Crippen LogP contribution in [0.4, 0.5) is 0 Å². The number of ether oxygens (including phenoxy) is 2. The maximum Gasteiger partial charge on any atom is 0.439 e. The van der Waals surface area contributed by atoms with Crippen LogP contribution in [0, 0.1) is 6.92 Å². The third kappa shape index (κ3) is 4.13. The van der Waals surface area contributed by atoms with Gasteiger partial charge >= 0.3 is 5.76 Å². The van der Waals surface area contributed by atoms with E-state index in [-0.39, 0.29) is 6.10 Å². The molecule has 1 aliphatic carbocycles. The van der Waals surface area contributed by atoms with E-state index in [0.29, 0.717) is 28.8 Å². The molecule has 0 amide bonds. The van der Waals surface area contributed by atoms with E-state index in [1.54, 1.807) is 25.3 Å². The Morgan fingerprint density at radius 1 is 1.27 bits per heavy atom. The average Bonchev–Trinajstić information content (AvgIpc) is 3.38. The summed E-state index contributed by atoms with van der Waals surface area (Å²) in [4.78, 5) is 18.5. The van der Waals surface area contributed by atoms with Crippen LogP contribution in [-0.2, 0) is 0 Å². The number of rotatable bonds is 7. The standard InChI is InChI=1S/C22H27N3O5/c1-4-17(19-13(2)23-21(29-19)14-8-6-5-7-9-14)28-15-10-11-16(18(12-15)27-3)20-24-22(26)30-25-20/h10-12,14,17H,4-9H2,1-3H3,(H,24,25,26). The first-order valence-electron chi connectivity index (χ1n) is 10.5. The molecule has 1 fully saturated rings. The van der Waals surface area contributed by atoms with Crippen molar-refractivity contribution in [2.75, 3.05) is 7.11 Å². The van der Waals surface area contributed by atoms with Crippen molar-refractivity contribution in [3.05, 3.63) is 46.1 Å². The smallest absolute Gasteiger partial charge is 0.439 e. The van der Waals surface area contributed by atoms with Crippen molar-refractivity contribution in [2.24, 2.45) is 0 Å². The van der Waals surface area contributed by atoms with Crippen LogP contribution in [0.5, 0.6) is 11.5 Å². The lowest BCUT2D eigenvalue weighted by molar-refractivity contribution is 0.166. The molecular weight excluding hydrogens is 386 g/mol. The first kappa shape index (κ1) is 20.3. The molecule has 0 spiro atoms. The third-order valence-electron chi connectivity index (χ3n) is 5.61. The first-order chi connectivity index (χ1) is 14.6. The van der Waals surface area contributed by atoms with Crippen molar-refractivity contribution in [2.45, 2.75) is 64.4 Å². The molecular formula is C22H27N3O5. The molecule has 8 heteroatoms. The van der Waals surface area contributed by atoms with E-state index in [4.69, 9.17) is 18.9 Å². The van der Waals surface area contributed by atoms with Gasteiger partial charge in [0.15, 0.2) is 23.6 Å². The summed E-state index contributed by atoms with van der Waals surface area (Å²) < 4.78 is 22.5. The number of H-pyrrole nitrogens is 1. The van der Waals surface area contributed by atoms with Crippen molar-refractivity contribution in [1.82, 2.24) is 15.1 Å². The van der Waals surface area contributed by atoms with Gasteiger partial charge in [-0.3, -0.25) is 9.51 Å². The van der Waals surface area contributed by atoms with E-state index in [1.165, 1.54) is 19.3 Å². The van der Waals surface area contributed by atoms with Gasteiger partial charge in [-0.05, 0) is 38.3 Å². The first-order valence-corrected chi connectivity index (χ1v) is 10.5. The minimum atomic E-state index is -0.618. The Hall–Kier alpha value is -3.03. The summed E-state index contributed by atoms with van der Waals surface area (Å²) in [6, 6.07) is 5.34. The van der Waals surface area contributed by atoms with Crippen molar-refractivity contribution in [3.63, 3.8) is 0 Å². The molecule has 1 saturated carbocycles. The molecule has 1 N–H and O–H groups in total. The van der Waals surface area contributed by atoms with E-state index in [1.807, 2.05) is 6.92 Å². The van der Waals surface area contributed by atoms with E-state index in [9.17, 15) is 4.79 Å². The molecule has 1 aromatic carbocycles. The van der Waals surface area contributed by atoms with Crippen molar-refractivity contribution in [3.8, 4) is 22.9 Å². The van der Waals surface area contributed by atoms with Crippen LogP contribution in [0.3, 0.4) is 0 Å². The van der Waals surface area contributed by atoms with Gasteiger partial charge in [0.1, 0.15) is 11.5 Å². The zero-order chi connectivity index (χ0) is 21.1. The van der Waals surface area contributed by atoms with Crippen molar-refractivity contribution >= 4 is 0 Å². The predicted molar refractivity (Wildman–Crippen MR) is 110 cm³/mol. The summed E-state index contributed by atoms with van der Waals surface area (Å²) in [5.74, 6) is 2.86. The fourth-order valence-corrected chi connectivity index (χ4v) is 4.03. The van der Waals surface area contributed by atoms with E-state index in [2.05, 4.69) is 21.6 Å². The van der Waals surface area contributed by atoms with E-state index in [0.717, 1.165) is 36.6 Å². The molecule has 3 aromatic rings. The number of aryl methyl sites for hydroxylation is 1. The highest BCUT2D eigenvalue weighted by Crippen LogP contribution is 2.37. The Kier molecular flexibility index (Phi) is 5.92. The zero-order valence-electron chi connectivity index (χ0n) is 17.6. The Morgan fingerprint density at radius 2 is 2.07 bits per heavy atom. The SMILES string of the molecule is CCC(Oc1ccc(-c2noc(=O)[nH]2)c(OC)c1)c1oc(C2CCCCC2)nc1C. The molecule has 4 rings (SSSR count). The van der Waals surface area contributed by atoms with Gasteiger partial charge in [-0.1, -0.05) is 31.3 Å². The second-order valence-corrected chi connectivity index (χ2v) is 7.66. The number of hydrogen-bond donors (Lipinski definition) is 1. The van der Waals surface area contributed by atoms with Gasteiger partial charge in [-0.2, -0.15) is 0 Å². The molecule has 1 unspecified atom stereocenters. The number of aromatic amines is 1. The maximum atomic E-state index is 11.3. The molecule has 0 radical (unpaired) electrons. The lowest BCUT2D eigenvalue weighted by Gasteiger charge is -2.19. The third-order valence-corrected chi connectivity index (χ3v) is 5.61. The number of nitrogens with zero attached hydrogens (tertiary/aromatic N) is 2. The molecule has 2 heterocycles. The highest BCUT2D eigenvalue weighted by Gasteiger charge is 2.26. The quantitative estimate of drug-likeness (QED) is 0.587. The number of aromatic nitrogens is 3. The highest BCUT2D eigenvalue weighted by atomic mass is 16.5. The highest BCUT2D eigenvalue weighted by molar-refractivity contribution is 5.65. The van der Waals surface area contributed by atoms with Crippen LogP contribution in [0.2, 0.25) is 0 Å². The van der Waals surface area contributed by atoms with Crippen LogP contribution < -0.4 is 15.2 Å². The number of methoxy groups -OCH3 is 1. The molecule has 1 atom stereocenters. The lowest BCUT2D eigenvalue weighted by Crippen LogP contribution is -2.07. The summed E-state index contributed by atoms with van der Waals surface area (Å²) in [6.45, 7) is 4.03. The Morgan fingerprint density at radius 3 is 2.73 bits per heavy atom. The van der Waals surface area contributed by atoms with Gasteiger partial charge in [-0.25, -0.2) is 9.78 Å². The lowest BCUT2D eigenvalue weighted by atomic mass is 9.89. The van der Waals surface area contributed by atoms with Crippen LogP contribution >= 0.6 is 0 Å². The Balaban J connectivity index is 1.56. The van der Waals surface area contributed by atoms with Gasteiger partial charge in [-0.15, -0.1) is 0 Å². The van der Waals surface area contributed by atoms with Crippen LogP contribution in [0.25, 0.3) is 11.4 Å². The minimum Gasteiger partial charge on any atom is -0.496 e. The molecule has 0 aliphatic heterocycles. The second kappa shape index (κ2) is 8.77. The van der Waals surface area contributed by atoms with E-state index < -0.39 is 5.76 Å². The molecule has 160 valence electrons. The number of hydrogen-bond acceptors (Lipinski definition) is 7. The van der Waals surface area contributed by atoms with E-state index >= 15 is 0 Å². The van der Waals surface area contributed by atoms with Crippen LogP contribution in [0.1, 0.15) is 74.8 Å². The molecule has 8 nitrogen and oxygen atoms in total. The second-order valence-electron chi connectivity index (χ2n) is 7.66. The topological polar surface area (TPSA) is 103 Å². The van der Waals surface area contributed by atoms with Crippen molar-refractivity contribution in [1.29, 1.82) is 0 Å². The molecule has 1 aliphatic rings. The molecule has 0 bridgehead atoms. The monoisotopic (exact) mass is 413 g/mol. The van der Waals surface area contributed by atoms with Gasteiger partial charge < -0.3 is 13.9 Å². The Bertz CT molecular complexity index is 1050. The fraction of sp³-hybridized carbons (Fsp3) is 0.500. The fourth-order valence-electron chi connectivity index (χ4n) is 4.03. The Labute approximate surface area is 174 Å². The molecule has 30 heavy (non-hydrogen) atoms. The number of oxazole rings is 1. The largest absolute Gasteiger partial charge is 0.496 e. The van der Waals surface area contributed by atoms with Gasteiger partial charge in [0.05, 0.1) is 18.4 Å². The molecule has 2 aromatic heterocycles. The summed E-state index contributed by atoms with van der Waals surface area (Å²) in [6.07, 6.45) is 6.53. The maximum absolute atomic E-state index is 11.3. The predicted octanol–water partition coefficient (Wildman–Crippen LogP) is 4.91. The summed E-state index contributed by atoms with van der Waals surface area (Å²) >= 11 is 0. The normalized spacial score (nSPS) is 15.8. The average molecular weight is 413 g/mol. The van der Waals surface area contributed by atoms with Gasteiger partial charge in [0.2, 0.25) is 0 Å².